The van der Waals surface area contributed by atoms with Crippen molar-refractivity contribution in [3.05, 3.63) is 23.2 Å². The number of oxazole rings is 1. The molecule has 1 amide bonds. The zero-order valence-corrected chi connectivity index (χ0v) is 16.7. The topological polar surface area (TPSA) is 58.8 Å². The summed E-state index contributed by atoms with van der Waals surface area (Å²) in [5.74, 6) is 0.520. The zero-order chi connectivity index (χ0) is 19.0. The maximum Gasteiger partial charge on any atom is 0.298 e. The summed E-state index contributed by atoms with van der Waals surface area (Å²) < 4.78 is 11.2. The zero-order valence-electron chi connectivity index (χ0n) is 15.9. The largest absolute Gasteiger partial charge is 0.423 e. The van der Waals surface area contributed by atoms with Gasteiger partial charge in [-0.1, -0.05) is 11.6 Å². The maximum atomic E-state index is 12.8. The van der Waals surface area contributed by atoms with Crippen molar-refractivity contribution >= 4 is 34.6 Å². The van der Waals surface area contributed by atoms with Crippen molar-refractivity contribution in [3.8, 4) is 0 Å². The van der Waals surface area contributed by atoms with E-state index in [-0.39, 0.29) is 11.4 Å². The van der Waals surface area contributed by atoms with E-state index in [4.69, 9.17) is 20.8 Å². The van der Waals surface area contributed by atoms with Crippen molar-refractivity contribution in [2.75, 3.05) is 38.8 Å². The molecule has 1 saturated carbocycles. The molecule has 1 aromatic carbocycles. The number of anilines is 1. The van der Waals surface area contributed by atoms with Gasteiger partial charge in [-0.2, -0.15) is 4.98 Å². The Morgan fingerprint density at radius 2 is 2.30 bits per heavy atom. The van der Waals surface area contributed by atoms with Gasteiger partial charge in [0.15, 0.2) is 5.58 Å². The molecule has 6 nitrogen and oxygen atoms in total. The number of carbonyl (C=O) groups excluding carboxylic acids is 1. The number of fused-ring (bicyclic) bond motifs is 1. The number of ether oxygens (including phenoxy) is 1. The lowest BCUT2D eigenvalue weighted by atomic mass is 9.94. The van der Waals surface area contributed by atoms with Crippen LogP contribution in [0.1, 0.15) is 32.1 Å². The van der Waals surface area contributed by atoms with E-state index < -0.39 is 0 Å². The fourth-order valence-electron chi connectivity index (χ4n) is 4.06. The lowest BCUT2D eigenvalue weighted by Crippen LogP contribution is -2.44. The molecule has 2 aliphatic rings. The minimum Gasteiger partial charge on any atom is -0.423 e. The molecule has 1 aliphatic heterocycles. The van der Waals surface area contributed by atoms with Crippen LogP contribution >= 0.6 is 11.6 Å². The Morgan fingerprint density at radius 3 is 3.04 bits per heavy atom. The first-order chi connectivity index (χ1) is 13.0. The van der Waals surface area contributed by atoms with Crippen LogP contribution in [0, 0.1) is 5.92 Å². The van der Waals surface area contributed by atoms with Crippen LogP contribution in [0.4, 0.5) is 6.01 Å². The highest BCUT2D eigenvalue weighted by Crippen LogP contribution is 2.41. The molecule has 1 atom stereocenters. The molecule has 2 fully saturated rings. The van der Waals surface area contributed by atoms with E-state index in [0.717, 1.165) is 44.3 Å². The van der Waals surface area contributed by atoms with E-state index in [0.29, 0.717) is 35.6 Å². The first kappa shape index (κ1) is 18.6. The Kier molecular flexibility index (Phi) is 5.03. The SMILES string of the molecule is COCC1(N(C)C(=O)CC2CCCN(c3nc4ccc(Cl)cc4o3)C2)CC1. The van der Waals surface area contributed by atoms with E-state index in [1.807, 2.05) is 24.1 Å². The van der Waals surface area contributed by atoms with Gasteiger partial charge in [0.1, 0.15) is 5.52 Å². The summed E-state index contributed by atoms with van der Waals surface area (Å²) in [6.07, 6.45) is 4.71. The highest BCUT2D eigenvalue weighted by molar-refractivity contribution is 6.31. The Morgan fingerprint density at radius 1 is 1.48 bits per heavy atom. The highest BCUT2D eigenvalue weighted by atomic mass is 35.5. The number of aromatic nitrogens is 1. The molecule has 0 spiro atoms. The molecule has 146 valence electrons. The van der Waals surface area contributed by atoms with Gasteiger partial charge in [0.2, 0.25) is 5.91 Å². The van der Waals surface area contributed by atoms with Crippen LogP contribution < -0.4 is 4.90 Å². The molecular formula is C20H26ClN3O3. The van der Waals surface area contributed by atoms with Gasteiger partial charge < -0.3 is 19.0 Å². The van der Waals surface area contributed by atoms with E-state index in [9.17, 15) is 4.79 Å². The summed E-state index contributed by atoms with van der Waals surface area (Å²) in [5.41, 5.74) is 1.44. The molecule has 4 rings (SSSR count). The third-order valence-corrected chi connectivity index (χ3v) is 6.15. The number of nitrogens with zero attached hydrogens (tertiary/aromatic N) is 3. The second-order valence-corrected chi connectivity index (χ2v) is 8.31. The number of likely N-dealkylation sites (N-methyl/N-ethyl adjacent to an activating group) is 1. The van der Waals surface area contributed by atoms with Gasteiger partial charge >= 0.3 is 0 Å². The number of methoxy groups -OCH3 is 1. The molecule has 2 heterocycles. The number of halogens is 1. The predicted molar refractivity (Wildman–Crippen MR) is 105 cm³/mol. The number of amides is 1. The van der Waals surface area contributed by atoms with Crippen LogP contribution in [0.15, 0.2) is 22.6 Å². The smallest absolute Gasteiger partial charge is 0.298 e. The van der Waals surface area contributed by atoms with Gasteiger partial charge in [-0.15, -0.1) is 0 Å². The average Bonchev–Trinajstić information content (AvgIpc) is 3.31. The fraction of sp³-hybridized carbons (Fsp3) is 0.600. The van der Waals surface area contributed by atoms with E-state index >= 15 is 0 Å². The standard InChI is InChI=1S/C20H26ClN3O3/c1-23(20(7-8-20)13-26-2)18(25)10-14-4-3-9-24(12-14)19-22-16-6-5-15(21)11-17(16)27-19/h5-6,11,14H,3-4,7-10,12-13H2,1-2H3. The Bertz CT molecular complexity index is 833. The van der Waals surface area contributed by atoms with Crippen LogP contribution in [-0.2, 0) is 9.53 Å². The number of benzene rings is 1. The molecule has 0 N–H and O–H groups in total. The third kappa shape index (κ3) is 3.78. The van der Waals surface area contributed by atoms with Crippen LogP contribution in [0.3, 0.4) is 0 Å². The second-order valence-electron chi connectivity index (χ2n) is 7.88. The van der Waals surface area contributed by atoms with Crippen LogP contribution in [0.25, 0.3) is 11.1 Å². The normalized spacial score (nSPS) is 21.4. The molecule has 7 heteroatoms. The average molecular weight is 392 g/mol. The van der Waals surface area contributed by atoms with Gasteiger partial charge in [-0.25, -0.2) is 0 Å². The minimum atomic E-state index is -0.0697. The van der Waals surface area contributed by atoms with Crippen molar-refractivity contribution in [3.63, 3.8) is 0 Å². The summed E-state index contributed by atoms with van der Waals surface area (Å²) in [6.45, 7) is 2.31. The van der Waals surface area contributed by atoms with Gasteiger partial charge in [0, 0.05) is 44.8 Å². The highest BCUT2D eigenvalue weighted by Gasteiger charge is 2.48. The summed E-state index contributed by atoms with van der Waals surface area (Å²) in [7, 11) is 3.62. The second kappa shape index (κ2) is 7.32. The van der Waals surface area contributed by atoms with E-state index in [1.54, 1.807) is 13.2 Å². The van der Waals surface area contributed by atoms with E-state index in [2.05, 4.69) is 9.88 Å². The summed E-state index contributed by atoms with van der Waals surface area (Å²) in [5, 5.41) is 0.639. The lowest BCUT2D eigenvalue weighted by Gasteiger charge is -2.34. The molecule has 0 bridgehead atoms. The Balaban J connectivity index is 1.41. The van der Waals surface area contributed by atoms with E-state index in [1.165, 1.54) is 0 Å². The molecule has 2 aromatic rings. The van der Waals surface area contributed by atoms with Gasteiger partial charge in [0.25, 0.3) is 6.01 Å². The minimum absolute atomic E-state index is 0.0697. The maximum absolute atomic E-state index is 12.8. The Hall–Kier alpha value is -1.79. The first-order valence-corrected chi connectivity index (χ1v) is 9.95. The van der Waals surface area contributed by atoms with Gasteiger partial charge in [0.05, 0.1) is 12.1 Å². The van der Waals surface area contributed by atoms with Gasteiger partial charge in [-0.3, -0.25) is 4.79 Å². The van der Waals surface area contributed by atoms with Crippen molar-refractivity contribution < 1.29 is 13.9 Å². The van der Waals surface area contributed by atoms with Gasteiger partial charge in [-0.05, 0) is 43.7 Å². The predicted octanol–water partition coefficient (Wildman–Crippen LogP) is 3.73. The number of rotatable bonds is 6. The summed E-state index contributed by atoms with van der Waals surface area (Å²) in [4.78, 5) is 21.4. The van der Waals surface area contributed by atoms with Crippen molar-refractivity contribution in [2.45, 2.75) is 37.6 Å². The number of hydrogen-bond acceptors (Lipinski definition) is 5. The van der Waals surface area contributed by atoms with Crippen molar-refractivity contribution in [2.24, 2.45) is 5.92 Å². The van der Waals surface area contributed by atoms with Crippen molar-refractivity contribution in [1.82, 2.24) is 9.88 Å². The molecule has 27 heavy (non-hydrogen) atoms. The molecule has 1 aromatic heterocycles. The first-order valence-electron chi connectivity index (χ1n) is 9.57. The Labute approximate surface area is 164 Å². The molecule has 1 unspecified atom stereocenters. The molecule has 0 radical (unpaired) electrons. The van der Waals surface area contributed by atoms with Crippen LogP contribution in [-0.4, -0.2) is 55.2 Å². The number of carbonyl (C=O) groups is 1. The number of hydrogen-bond donors (Lipinski definition) is 0. The fourth-order valence-corrected chi connectivity index (χ4v) is 4.23. The summed E-state index contributed by atoms with van der Waals surface area (Å²) >= 11 is 6.04. The van der Waals surface area contributed by atoms with Crippen LogP contribution in [0.5, 0.6) is 0 Å². The monoisotopic (exact) mass is 391 g/mol. The van der Waals surface area contributed by atoms with Crippen LogP contribution in [0.2, 0.25) is 5.02 Å². The molecule has 1 saturated heterocycles. The van der Waals surface area contributed by atoms with Crippen molar-refractivity contribution in [1.29, 1.82) is 0 Å². The molecule has 1 aliphatic carbocycles. The summed E-state index contributed by atoms with van der Waals surface area (Å²) in [6, 6.07) is 6.10. The number of piperidine rings is 1. The third-order valence-electron chi connectivity index (χ3n) is 5.92. The lowest BCUT2D eigenvalue weighted by molar-refractivity contribution is -0.135. The quantitative estimate of drug-likeness (QED) is 0.751. The molecular weight excluding hydrogens is 366 g/mol.